The van der Waals surface area contributed by atoms with Crippen LogP contribution in [0.1, 0.15) is 21.7 Å². The Morgan fingerprint density at radius 1 is 1.33 bits per heavy atom. The summed E-state index contributed by atoms with van der Waals surface area (Å²) in [6.45, 7) is 3.40. The van der Waals surface area contributed by atoms with Crippen molar-refractivity contribution in [1.82, 2.24) is 9.55 Å². The molecular formula is C13H15N3O4S. The third-order valence-corrected chi connectivity index (χ3v) is 4.25. The first-order valence-corrected chi connectivity index (χ1v) is 7.56. The fourth-order valence-corrected chi connectivity index (χ4v) is 2.90. The Balaban J connectivity index is 2.44. The van der Waals surface area contributed by atoms with E-state index >= 15 is 0 Å². The lowest BCUT2D eigenvalue weighted by Crippen LogP contribution is -2.16. The molecule has 0 aliphatic heterocycles. The van der Waals surface area contributed by atoms with Crippen LogP contribution in [0.2, 0.25) is 0 Å². The Labute approximate surface area is 122 Å². The van der Waals surface area contributed by atoms with Gasteiger partial charge >= 0.3 is 5.97 Å². The summed E-state index contributed by atoms with van der Waals surface area (Å²) in [6, 6.07) is 4.46. The van der Waals surface area contributed by atoms with E-state index in [2.05, 4.69) is 9.71 Å². The smallest absolute Gasteiger partial charge is 0.337 e. The molecule has 0 fully saturated rings. The Bertz CT molecular complexity index is 789. The van der Waals surface area contributed by atoms with E-state index in [0.29, 0.717) is 5.82 Å². The highest BCUT2D eigenvalue weighted by molar-refractivity contribution is 7.92. The van der Waals surface area contributed by atoms with Crippen LogP contribution in [0.3, 0.4) is 0 Å². The molecule has 0 radical (unpaired) electrons. The standard InChI is InChI=1S/C13H15N3O4S/c1-8-4-5-11(10(6-8)13(17)18)15-21(19,20)12-7-16(3)9(2)14-12/h4-7,15H,1-3H3,(H,17,18). The lowest BCUT2D eigenvalue weighted by Gasteiger charge is -2.09. The Morgan fingerprint density at radius 3 is 2.52 bits per heavy atom. The van der Waals surface area contributed by atoms with Gasteiger partial charge in [0.25, 0.3) is 10.0 Å². The average Bonchev–Trinajstić information content (AvgIpc) is 2.72. The van der Waals surface area contributed by atoms with Crippen LogP contribution in [-0.2, 0) is 17.1 Å². The number of carboxylic acids is 1. The predicted molar refractivity (Wildman–Crippen MR) is 76.9 cm³/mol. The fraction of sp³-hybridized carbons (Fsp3) is 0.231. The predicted octanol–water partition coefficient (Wildman–Crippen LogP) is 1.54. The summed E-state index contributed by atoms with van der Waals surface area (Å²) < 4.78 is 28.3. The van der Waals surface area contributed by atoms with Gasteiger partial charge in [0.05, 0.1) is 11.3 Å². The molecule has 0 spiro atoms. The molecule has 0 aliphatic carbocycles. The van der Waals surface area contributed by atoms with Crippen molar-refractivity contribution in [2.24, 2.45) is 7.05 Å². The maximum atomic E-state index is 12.2. The molecule has 8 heteroatoms. The number of anilines is 1. The van der Waals surface area contributed by atoms with E-state index < -0.39 is 16.0 Å². The summed E-state index contributed by atoms with van der Waals surface area (Å²) in [7, 11) is -2.25. The molecule has 2 rings (SSSR count). The molecular weight excluding hydrogens is 294 g/mol. The number of nitrogens with one attached hydrogen (secondary N) is 1. The van der Waals surface area contributed by atoms with Crippen molar-refractivity contribution in [2.75, 3.05) is 4.72 Å². The second kappa shape index (κ2) is 5.21. The van der Waals surface area contributed by atoms with Crippen LogP contribution < -0.4 is 4.72 Å². The van der Waals surface area contributed by atoms with Crippen LogP contribution in [-0.4, -0.2) is 29.0 Å². The number of nitrogens with zero attached hydrogens (tertiary/aromatic N) is 2. The molecule has 1 aromatic carbocycles. The van der Waals surface area contributed by atoms with Gasteiger partial charge in [0.15, 0.2) is 5.03 Å². The van der Waals surface area contributed by atoms with Crippen molar-refractivity contribution in [2.45, 2.75) is 18.9 Å². The Hall–Kier alpha value is -2.35. The van der Waals surface area contributed by atoms with Crippen LogP contribution in [0.4, 0.5) is 5.69 Å². The molecule has 0 atom stereocenters. The van der Waals surface area contributed by atoms with Crippen molar-refractivity contribution in [3.63, 3.8) is 0 Å². The normalized spacial score (nSPS) is 11.4. The SMILES string of the molecule is Cc1ccc(NS(=O)(=O)c2cn(C)c(C)n2)c(C(=O)O)c1. The number of aryl methyl sites for hydroxylation is 3. The van der Waals surface area contributed by atoms with Gasteiger partial charge in [-0.15, -0.1) is 0 Å². The summed E-state index contributed by atoms with van der Waals surface area (Å²) in [6.07, 6.45) is 1.37. The Kier molecular flexibility index (Phi) is 3.73. The molecule has 21 heavy (non-hydrogen) atoms. The van der Waals surface area contributed by atoms with E-state index in [4.69, 9.17) is 5.11 Å². The number of hydrogen-bond acceptors (Lipinski definition) is 4. The first-order chi connectivity index (χ1) is 9.70. The number of carboxylic acid groups (broad SMARTS) is 1. The van der Waals surface area contributed by atoms with E-state index in [-0.39, 0.29) is 16.3 Å². The van der Waals surface area contributed by atoms with E-state index in [0.717, 1.165) is 5.56 Å². The molecule has 1 heterocycles. The lowest BCUT2D eigenvalue weighted by molar-refractivity contribution is 0.0698. The summed E-state index contributed by atoms with van der Waals surface area (Å²) in [5.74, 6) is -0.661. The molecule has 2 aromatic rings. The van der Waals surface area contributed by atoms with Gasteiger partial charge in [-0.1, -0.05) is 11.6 Å². The summed E-state index contributed by atoms with van der Waals surface area (Å²) >= 11 is 0. The van der Waals surface area contributed by atoms with Gasteiger partial charge in [0.2, 0.25) is 0 Å². The van der Waals surface area contributed by atoms with Gasteiger partial charge in [-0.3, -0.25) is 4.72 Å². The number of sulfonamides is 1. The third kappa shape index (κ3) is 3.05. The number of carbonyl (C=O) groups is 1. The first kappa shape index (κ1) is 15.0. The average molecular weight is 309 g/mol. The fourth-order valence-electron chi connectivity index (χ4n) is 1.78. The van der Waals surface area contributed by atoms with Gasteiger partial charge < -0.3 is 9.67 Å². The number of aromatic nitrogens is 2. The van der Waals surface area contributed by atoms with Gasteiger partial charge in [-0.2, -0.15) is 8.42 Å². The molecule has 0 unspecified atom stereocenters. The summed E-state index contributed by atoms with van der Waals surface area (Å²) in [4.78, 5) is 15.1. The van der Waals surface area contributed by atoms with Crippen LogP contribution in [0.5, 0.6) is 0 Å². The highest BCUT2D eigenvalue weighted by Crippen LogP contribution is 2.21. The van der Waals surface area contributed by atoms with Gasteiger partial charge in [-0.05, 0) is 26.0 Å². The molecule has 0 saturated carbocycles. The first-order valence-electron chi connectivity index (χ1n) is 6.07. The van der Waals surface area contributed by atoms with Crippen molar-refractivity contribution in [3.8, 4) is 0 Å². The minimum Gasteiger partial charge on any atom is -0.478 e. The highest BCUT2D eigenvalue weighted by Gasteiger charge is 2.21. The summed E-state index contributed by atoms with van der Waals surface area (Å²) in [5, 5.41) is 9.00. The zero-order valence-corrected chi connectivity index (χ0v) is 12.6. The molecule has 0 saturated heterocycles. The molecule has 2 N–H and O–H groups in total. The maximum Gasteiger partial charge on any atom is 0.337 e. The van der Waals surface area contributed by atoms with Crippen molar-refractivity contribution in [3.05, 3.63) is 41.3 Å². The number of rotatable bonds is 4. The van der Waals surface area contributed by atoms with E-state index in [1.54, 1.807) is 31.5 Å². The van der Waals surface area contributed by atoms with Gasteiger partial charge in [0.1, 0.15) is 5.82 Å². The molecule has 0 aliphatic rings. The number of benzene rings is 1. The molecule has 0 amide bonds. The van der Waals surface area contributed by atoms with Crippen LogP contribution in [0.15, 0.2) is 29.4 Å². The molecule has 112 valence electrons. The van der Waals surface area contributed by atoms with Crippen LogP contribution >= 0.6 is 0 Å². The minimum atomic E-state index is -3.93. The largest absolute Gasteiger partial charge is 0.478 e. The van der Waals surface area contributed by atoms with E-state index in [9.17, 15) is 13.2 Å². The van der Waals surface area contributed by atoms with Crippen molar-refractivity contribution >= 4 is 21.7 Å². The number of imidazole rings is 1. The third-order valence-electron chi connectivity index (χ3n) is 3.01. The summed E-state index contributed by atoms with van der Waals surface area (Å²) in [5.41, 5.74) is 0.631. The number of hydrogen-bond donors (Lipinski definition) is 2. The lowest BCUT2D eigenvalue weighted by atomic mass is 10.1. The Morgan fingerprint density at radius 2 is 2.00 bits per heavy atom. The van der Waals surface area contributed by atoms with Crippen LogP contribution in [0.25, 0.3) is 0 Å². The zero-order chi connectivity index (χ0) is 15.8. The van der Waals surface area contributed by atoms with E-state index in [1.165, 1.54) is 18.3 Å². The molecule has 1 aromatic heterocycles. The zero-order valence-electron chi connectivity index (χ0n) is 11.8. The van der Waals surface area contributed by atoms with Gasteiger partial charge in [0, 0.05) is 13.2 Å². The topological polar surface area (TPSA) is 101 Å². The minimum absolute atomic E-state index is 0.0106. The van der Waals surface area contributed by atoms with Gasteiger partial charge in [-0.25, -0.2) is 9.78 Å². The molecule has 0 bridgehead atoms. The molecule has 7 nitrogen and oxygen atoms in total. The number of aromatic carboxylic acids is 1. The monoisotopic (exact) mass is 309 g/mol. The highest BCUT2D eigenvalue weighted by atomic mass is 32.2. The quantitative estimate of drug-likeness (QED) is 0.892. The van der Waals surface area contributed by atoms with Crippen molar-refractivity contribution in [1.29, 1.82) is 0 Å². The maximum absolute atomic E-state index is 12.2. The van der Waals surface area contributed by atoms with Crippen molar-refractivity contribution < 1.29 is 18.3 Å². The second-order valence-electron chi connectivity index (χ2n) is 4.70. The van der Waals surface area contributed by atoms with Crippen LogP contribution in [0, 0.1) is 13.8 Å². The second-order valence-corrected chi connectivity index (χ2v) is 6.33. The van der Waals surface area contributed by atoms with E-state index in [1.807, 2.05) is 0 Å².